The first-order chi connectivity index (χ1) is 13.6. The van der Waals surface area contributed by atoms with Gasteiger partial charge in [0.05, 0.1) is 22.5 Å². The van der Waals surface area contributed by atoms with Crippen molar-refractivity contribution >= 4 is 17.5 Å². The Morgan fingerprint density at radius 3 is 2.61 bits per heavy atom. The van der Waals surface area contributed by atoms with Gasteiger partial charge in [0.1, 0.15) is 0 Å². The van der Waals surface area contributed by atoms with Crippen molar-refractivity contribution in [3.63, 3.8) is 0 Å². The average molecular weight is 395 g/mol. The van der Waals surface area contributed by atoms with Crippen LogP contribution in [0.3, 0.4) is 0 Å². The minimum Gasteiger partial charge on any atom is -0.333 e. The summed E-state index contributed by atoms with van der Waals surface area (Å²) in [6.07, 6.45) is 3.38. The molecule has 0 saturated carbocycles. The van der Waals surface area contributed by atoms with E-state index in [-0.39, 0.29) is 11.9 Å². The van der Waals surface area contributed by atoms with E-state index in [2.05, 4.69) is 41.2 Å². The smallest absolute Gasteiger partial charge is 0.257 e. The number of nitrogens with zero attached hydrogens (tertiary/aromatic N) is 4. The molecule has 1 unspecified atom stereocenters. The number of aromatic nitrogens is 2. The molecular weight excluding hydrogens is 372 g/mol. The zero-order valence-electron chi connectivity index (χ0n) is 15.8. The van der Waals surface area contributed by atoms with Crippen LogP contribution in [0.5, 0.6) is 0 Å². The lowest BCUT2D eigenvalue weighted by atomic mass is 10.1. The predicted molar refractivity (Wildman–Crippen MR) is 111 cm³/mol. The van der Waals surface area contributed by atoms with E-state index in [9.17, 15) is 4.79 Å². The summed E-state index contributed by atoms with van der Waals surface area (Å²) < 4.78 is 1.66. The molecule has 1 atom stereocenters. The summed E-state index contributed by atoms with van der Waals surface area (Å²) in [7, 11) is 0. The van der Waals surface area contributed by atoms with Gasteiger partial charge < -0.3 is 4.90 Å². The van der Waals surface area contributed by atoms with Crippen LogP contribution in [0.15, 0.2) is 67.0 Å². The first-order valence-electron chi connectivity index (χ1n) is 9.48. The number of rotatable bonds is 4. The first-order valence-corrected chi connectivity index (χ1v) is 9.86. The van der Waals surface area contributed by atoms with Crippen LogP contribution in [0, 0.1) is 0 Å². The molecule has 1 aliphatic heterocycles. The molecule has 2 aromatic carbocycles. The van der Waals surface area contributed by atoms with Crippen molar-refractivity contribution < 1.29 is 4.79 Å². The van der Waals surface area contributed by atoms with Crippen LogP contribution >= 0.6 is 11.6 Å². The van der Waals surface area contributed by atoms with Gasteiger partial charge in [0.25, 0.3) is 5.91 Å². The lowest BCUT2D eigenvalue weighted by Gasteiger charge is -2.39. The lowest BCUT2D eigenvalue weighted by Crippen LogP contribution is -2.53. The second kappa shape index (κ2) is 8.17. The number of carbonyl (C=O) groups excluding carboxylic acids is 1. The van der Waals surface area contributed by atoms with Crippen LogP contribution in [0.4, 0.5) is 0 Å². The Bertz CT molecular complexity index is 956. The highest BCUT2D eigenvalue weighted by Crippen LogP contribution is 2.21. The van der Waals surface area contributed by atoms with Crippen molar-refractivity contribution in [1.82, 2.24) is 19.6 Å². The quantitative estimate of drug-likeness (QED) is 0.674. The van der Waals surface area contributed by atoms with E-state index in [0.29, 0.717) is 17.1 Å². The minimum absolute atomic E-state index is 0.0187. The van der Waals surface area contributed by atoms with Crippen LogP contribution in [-0.2, 0) is 6.54 Å². The number of amides is 1. The zero-order valence-corrected chi connectivity index (χ0v) is 16.6. The number of piperazine rings is 1. The normalized spacial score (nSPS) is 17.6. The van der Waals surface area contributed by atoms with Gasteiger partial charge in [0, 0.05) is 38.4 Å². The molecule has 5 nitrogen and oxygen atoms in total. The summed E-state index contributed by atoms with van der Waals surface area (Å²) in [6, 6.07) is 18.1. The monoisotopic (exact) mass is 394 g/mol. The first kappa shape index (κ1) is 18.7. The second-order valence-electron chi connectivity index (χ2n) is 7.19. The molecule has 1 aromatic heterocycles. The third-order valence-corrected chi connectivity index (χ3v) is 5.47. The molecule has 0 N–H and O–H groups in total. The van der Waals surface area contributed by atoms with Crippen molar-refractivity contribution in [3.05, 3.63) is 83.1 Å². The standard InChI is InChI=1S/C22H23ClN4O/c1-17-14-25(15-18-7-3-2-4-8-18)11-12-26(17)22(28)19-13-24-27(16-19)21-10-6-5-9-20(21)23/h2-10,13,16-17H,11-12,14-15H2,1H3. The van der Waals surface area contributed by atoms with Crippen LogP contribution in [0.1, 0.15) is 22.8 Å². The van der Waals surface area contributed by atoms with Gasteiger partial charge >= 0.3 is 0 Å². The molecule has 4 rings (SSSR count). The maximum atomic E-state index is 13.0. The number of hydrogen-bond acceptors (Lipinski definition) is 3. The van der Waals surface area contributed by atoms with Crippen molar-refractivity contribution in [1.29, 1.82) is 0 Å². The molecule has 144 valence electrons. The Morgan fingerprint density at radius 2 is 1.86 bits per heavy atom. The molecule has 0 spiro atoms. The maximum absolute atomic E-state index is 13.0. The Kier molecular flexibility index (Phi) is 5.46. The SMILES string of the molecule is CC1CN(Cc2ccccc2)CCN1C(=O)c1cnn(-c2ccccc2Cl)c1. The fourth-order valence-electron chi connectivity index (χ4n) is 3.69. The molecule has 0 radical (unpaired) electrons. The largest absolute Gasteiger partial charge is 0.333 e. The Labute approximate surface area is 170 Å². The van der Waals surface area contributed by atoms with Crippen LogP contribution in [0.25, 0.3) is 5.69 Å². The van der Waals surface area contributed by atoms with Crippen molar-refractivity contribution in [2.75, 3.05) is 19.6 Å². The van der Waals surface area contributed by atoms with E-state index >= 15 is 0 Å². The fourth-order valence-corrected chi connectivity index (χ4v) is 3.91. The van der Waals surface area contributed by atoms with Crippen LogP contribution in [-0.4, -0.2) is 51.2 Å². The number of benzene rings is 2. The van der Waals surface area contributed by atoms with Gasteiger partial charge in [0.15, 0.2) is 0 Å². The number of carbonyl (C=O) groups is 1. The van der Waals surface area contributed by atoms with E-state index in [4.69, 9.17) is 11.6 Å². The fraction of sp³-hybridized carbons (Fsp3) is 0.273. The summed E-state index contributed by atoms with van der Waals surface area (Å²) in [5.41, 5.74) is 2.66. The molecule has 28 heavy (non-hydrogen) atoms. The molecule has 1 saturated heterocycles. The lowest BCUT2D eigenvalue weighted by molar-refractivity contribution is 0.0475. The summed E-state index contributed by atoms with van der Waals surface area (Å²) >= 11 is 6.24. The molecular formula is C22H23ClN4O. The van der Waals surface area contributed by atoms with E-state index in [1.165, 1.54) is 5.56 Å². The molecule has 2 heterocycles. The number of hydrogen-bond donors (Lipinski definition) is 0. The Morgan fingerprint density at radius 1 is 1.11 bits per heavy atom. The molecule has 1 aliphatic rings. The van der Waals surface area contributed by atoms with Crippen molar-refractivity contribution in [2.24, 2.45) is 0 Å². The molecule has 1 fully saturated rings. The average Bonchev–Trinajstić information content (AvgIpc) is 3.19. The Balaban J connectivity index is 1.43. The molecule has 1 amide bonds. The highest BCUT2D eigenvalue weighted by atomic mass is 35.5. The van der Waals surface area contributed by atoms with Crippen molar-refractivity contribution in [2.45, 2.75) is 19.5 Å². The minimum atomic E-state index is 0.0187. The Hall–Kier alpha value is -2.63. The highest BCUT2D eigenvalue weighted by molar-refractivity contribution is 6.32. The highest BCUT2D eigenvalue weighted by Gasteiger charge is 2.28. The number of halogens is 1. The summed E-state index contributed by atoms with van der Waals surface area (Å²) in [4.78, 5) is 17.4. The van der Waals surface area contributed by atoms with Gasteiger partial charge in [-0.1, -0.05) is 54.1 Å². The number of para-hydroxylation sites is 1. The van der Waals surface area contributed by atoms with Gasteiger partial charge in [-0.2, -0.15) is 5.10 Å². The van der Waals surface area contributed by atoms with Gasteiger partial charge in [-0.25, -0.2) is 4.68 Å². The molecule has 0 aliphatic carbocycles. The molecule has 3 aromatic rings. The topological polar surface area (TPSA) is 41.4 Å². The molecule has 0 bridgehead atoms. The maximum Gasteiger partial charge on any atom is 0.257 e. The molecule has 6 heteroatoms. The van der Waals surface area contributed by atoms with Crippen molar-refractivity contribution in [3.8, 4) is 5.69 Å². The summed E-state index contributed by atoms with van der Waals surface area (Å²) in [5, 5.41) is 4.94. The predicted octanol–water partition coefficient (Wildman–Crippen LogP) is 3.87. The zero-order chi connectivity index (χ0) is 19.5. The van der Waals surface area contributed by atoms with E-state index in [1.54, 1.807) is 17.1 Å². The second-order valence-corrected chi connectivity index (χ2v) is 7.60. The van der Waals surface area contributed by atoms with E-state index in [0.717, 1.165) is 25.3 Å². The van der Waals surface area contributed by atoms with Gasteiger partial charge in [-0.3, -0.25) is 9.69 Å². The summed E-state index contributed by atoms with van der Waals surface area (Å²) in [6.45, 7) is 5.46. The van der Waals surface area contributed by atoms with Crippen LogP contribution in [0.2, 0.25) is 5.02 Å². The van der Waals surface area contributed by atoms with Gasteiger partial charge in [0.2, 0.25) is 0 Å². The van der Waals surface area contributed by atoms with Gasteiger partial charge in [-0.15, -0.1) is 0 Å². The van der Waals surface area contributed by atoms with E-state index in [1.807, 2.05) is 35.2 Å². The summed E-state index contributed by atoms with van der Waals surface area (Å²) in [5.74, 6) is 0.0187. The van der Waals surface area contributed by atoms with Gasteiger partial charge in [-0.05, 0) is 24.6 Å². The third-order valence-electron chi connectivity index (χ3n) is 5.15. The van der Waals surface area contributed by atoms with Crippen LogP contribution < -0.4 is 0 Å². The van der Waals surface area contributed by atoms with E-state index < -0.39 is 0 Å². The third kappa shape index (κ3) is 3.96.